The Morgan fingerprint density at radius 2 is 2.19 bits per heavy atom. The smallest absolute Gasteiger partial charge is 0.251 e. The van der Waals surface area contributed by atoms with Gasteiger partial charge in [-0.2, -0.15) is 0 Å². The van der Waals surface area contributed by atoms with Crippen LogP contribution in [0.3, 0.4) is 0 Å². The molecule has 2 N–H and O–H groups in total. The molecule has 3 heteroatoms. The summed E-state index contributed by atoms with van der Waals surface area (Å²) in [5, 5.41) is 6.49. The molecule has 3 aliphatic rings. The van der Waals surface area contributed by atoms with E-state index in [2.05, 4.69) is 35.9 Å². The van der Waals surface area contributed by atoms with Gasteiger partial charge in [0.1, 0.15) is 0 Å². The number of benzene rings is 1. The zero-order valence-electron chi connectivity index (χ0n) is 12.7. The molecule has 4 unspecified atom stereocenters. The van der Waals surface area contributed by atoms with Crippen molar-refractivity contribution in [2.75, 3.05) is 13.6 Å². The molecule has 2 aliphatic carbocycles. The van der Waals surface area contributed by atoms with Gasteiger partial charge >= 0.3 is 0 Å². The van der Waals surface area contributed by atoms with Crippen LogP contribution in [0.4, 0.5) is 0 Å². The Morgan fingerprint density at radius 1 is 1.29 bits per heavy atom. The van der Waals surface area contributed by atoms with E-state index in [1.807, 2.05) is 0 Å². The SMILES string of the molecule is CNC(c1ccc2c(c1)C(=O)NCC2)C1CC2CCC1C2. The van der Waals surface area contributed by atoms with E-state index in [1.54, 1.807) is 0 Å². The van der Waals surface area contributed by atoms with Gasteiger partial charge in [0.25, 0.3) is 5.91 Å². The Kier molecular flexibility index (Phi) is 3.26. The van der Waals surface area contributed by atoms with Crippen LogP contribution >= 0.6 is 0 Å². The minimum Gasteiger partial charge on any atom is -0.352 e. The third-order valence-corrected chi connectivity index (χ3v) is 5.95. The standard InChI is InChI=1S/C18H24N2O/c1-19-17(15-9-11-2-3-13(15)8-11)14-5-4-12-6-7-20-18(21)16(12)10-14/h4-5,10-11,13,15,17,19H,2-3,6-9H2,1H3,(H,20,21). The second-order valence-corrected chi connectivity index (χ2v) is 7.03. The predicted octanol–water partition coefficient (Wildman–Crippen LogP) is 2.67. The third kappa shape index (κ3) is 2.18. The van der Waals surface area contributed by atoms with Crippen molar-refractivity contribution >= 4 is 5.91 Å². The van der Waals surface area contributed by atoms with Gasteiger partial charge in [-0.05, 0) is 67.7 Å². The molecule has 1 aliphatic heterocycles. The first-order valence-electron chi connectivity index (χ1n) is 8.34. The van der Waals surface area contributed by atoms with Crippen molar-refractivity contribution in [2.45, 2.75) is 38.1 Å². The van der Waals surface area contributed by atoms with Crippen molar-refractivity contribution < 1.29 is 4.79 Å². The van der Waals surface area contributed by atoms with Crippen LogP contribution < -0.4 is 10.6 Å². The topological polar surface area (TPSA) is 41.1 Å². The summed E-state index contributed by atoms with van der Waals surface area (Å²) in [6.07, 6.45) is 6.58. The van der Waals surface area contributed by atoms with Gasteiger partial charge in [0, 0.05) is 18.2 Å². The minimum atomic E-state index is 0.0981. The van der Waals surface area contributed by atoms with E-state index >= 15 is 0 Å². The Morgan fingerprint density at radius 3 is 2.90 bits per heavy atom. The first-order chi connectivity index (χ1) is 10.3. The molecule has 1 aromatic carbocycles. The maximum Gasteiger partial charge on any atom is 0.251 e. The Hall–Kier alpha value is -1.35. The highest BCUT2D eigenvalue weighted by atomic mass is 16.1. The number of carbonyl (C=O) groups is 1. The Labute approximate surface area is 126 Å². The predicted molar refractivity (Wildman–Crippen MR) is 83.2 cm³/mol. The molecule has 4 rings (SSSR count). The number of rotatable bonds is 3. The van der Waals surface area contributed by atoms with Crippen LogP contribution in [0.1, 0.15) is 53.2 Å². The van der Waals surface area contributed by atoms with Gasteiger partial charge in [0.15, 0.2) is 0 Å². The maximum absolute atomic E-state index is 12.1. The average molecular weight is 284 g/mol. The molecule has 1 amide bonds. The first-order valence-corrected chi connectivity index (χ1v) is 8.34. The van der Waals surface area contributed by atoms with Crippen LogP contribution in [0.25, 0.3) is 0 Å². The molecule has 3 nitrogen and oxygen atoms in total. The number of fused-ring (bicyclic) bond motifs is 3. The van der Waals surface area contributed by atoms with Gasteiger partial charge in [-0.15, -0.1) is 0 Å². The molecule has 0 radical (unpaired) electrons. The fourth-order valence-electron chi connectivity index (χ4n) is 4.95. The van der Waals surface area contributed by atoms with Gasteiger partial charge < -0.3 is 10.6 Å². The molecule has 0 spiro atoms. The highest BCUT2D eigenvalue weighted by Crippen LogP contribution is 2.52. The minimum absolute atomic E-state index is 0.0981. The van der Waals surface area contributed by atoms with Crippen LogP contribution in [0, 0.1) is 17.8 Å². The quantitative estimate of drug-likeness (QED) is 0.896. The Balaban J connectivity index is 1.65. The highest BCUT2D eigenvalue weighted by molar-refractivity contribution is 5.96. The molecular formula is C18H24N2O. The number of nitrogens with one attached hydrogen (secondary N) is 2. The maximum atomic E-state index is 12.1. The first kappa shape index (κ1) is 13.3. The largest absolute Gasteiger partial charge is 0.352 e. The molecule has 21 heavy (non-hydrogen) atoms. The zero-order chi connectivity index (χ0) is 14.4. The monoisotopic (exact) mass is 284 g/mol. The third-order valence-electron chi connectivity index (χ3n) is 5.95. The summed E-state index contributed by atoms with van der Waals surface area (Å²) in [7, 11) is 2.07. The molecule has 1 aromatic rings. The molecule has 0 aromatic heterocycles. The molecular weight excluding hydrogens is 260 g/mol. The van der Waals surface area contributed by atoms with E-state index in [4.69, 9.17) is 0 Å². The highest BCUT2D eigenvalue weighted by Gasteiger charge is 2.43. The molecule has 0 saturated heterocycles. The number of hydrogen-bond acceptors (Lipinski definition) is 2. The lowest BCUT2D eigenvalue weighted by molar-refractivity contribution is 0.0945. The lowest BCUT2D eigenvalue weighted by atomic mass is 9.79. The molecule has 2 bridgehead atoms. The van der Waals surface area contributed by atoms with Gasteiger partial charge in [-0.3, -0.25) is 4.79 Å². The summed E-state index contributed by atoms with van der Waals surface area (Å²) >= 11 is 0. The number of carbonyl (C=O) groups excluding carboxylic acids is 1. The molecule has 112 valence electrons. The zero-order valence-corrected chi connectivity index (χ0v) is 12.7. The van der Waals surface area contributed by atoms with Gasteiger partial charge in [0.05, 0.1) is 0 Å². The summed E-state index contributed by atoms with van der Waals surface area (Å²) in [6.45, 7) is 0.771. The van der Waals surface area contributed by atoms with Crippen LogP contribution in [-0.4, -0.2) is 19.5 Å². The van der Waals surface area contributed by atoms with Crippen molar-refractivity contribution in [2.24, 2.45) is 17.8 Å². The van der Waals surface area contributed by atoms with E-state index < -0.39 is 0 Å². The fourth-order valence-corrected chi connectivity index (χ4v) is 4.95. The average Bonchev–Trinajstić information content (AvgIpc) is 3.12. The summed E-state index contributed by atoms with van der Waals surface area (Å²) in [4.78, 5) is 12.1. The molecule has 2 fully saturated rings. The van der Waals surface area contributed by atoms with E-state index in [0.717, 1.165) is 36.3 Å². The lowest BCUT2D eigenvalue weighted by Gasteiger charge is -2.31. The summed E-state index contributed by atoms with van der Waals surface area (Å²) in [6, 6.07) is 6.95. The Bertz CT molecular complexity index is 568. The molecule has 2 saturated carbocycles. The van der Waals surface area contributed by atoms with Crippen LogP contribution in [0.5, 0.6) is 0 Å². The normalized spacial score (nSPS) is 31.9. The fraction of sp³-hybridized carbons (Fsp3) is 0.611. The van der Waals surface area contributed by atoms with Gasteiger partial charge in [-0.1, -0.05) is 18.6 Å². The number of amides is 1. The van der Waals surface area contributed by atoms with E-state index in [9.17, 15) is 4.79 Å². The van der Waals surface area contributed by atoms with E-state index in [-0.39, 0.29) is 5.91 Å². The lowest BCUT2D eigenvalue weighted by Crippen LogP contribution is -2.33. The summed E-state index contributed by atoms with van der Waals surface area (Å²) < 4.78 is 0. The van der Waals surface area contributed by atoms with Crippen LogP contribution in [0.15, 0.2) is 18.2 Å². The summed E-state index contributed by atoms with van der Waals surface area (Å²) in [5.74, 6) is 2.69. The van der Waals surface area contributed by atoms with Crippen molar-refractivity contribution in [3.05, 3.63) is 34.9 Å². The van der Waals surface area contributed by atoms with Crippen LogP contribution in [0.2, 0.25) is 0 Å². The van der Waals surface area contributed by atoms with Gasteiger partial charge in [-0.25, -0.2) is 0 Å². The number of hydrogen-bond donors (Lipinski definition) is 2. The van der Waals surface area contributed by atoms with Crippen molar-refractivity contribution in [3.8, 4) is 0 Å². The van der Waals surface area contributed by atoms with Gasteiger partial charge in [0.2, 0.25) is 0 Å². The van der Waals surface area contributed by atoms with Crippen molar-refractivity contribution in [1.29, 1.82) is 0 Å². The van der Waals surface area contributed by atoms with Crippen LogP contribution in [-0.2, 0) is 6.42 Å². The van der Waals surface area contributed by atoms with Crippen molar-refractivity contribution in [1.82, 2.24) is 10.6 Å². The van der Waals surface area contributed by atoms with E-state index in [0.29, 0.717) is 6.04 Å². The second-order valence-electron chi connectivity index (χ2n) is 7.03. The second kappa shape index (κ2) is 5.13. The van der Waals surface area contributed by atoms with Crippen molar-refractivity contribution in [3.63, 3.8) is 0 Å². The molecule has 4 atom stereocenters. The van der Waals surface area contributed by atoms with E-state index in [1.165, 1.54) is 36.8 Å². The molecule has 1 heterocycles. The summed E-state index contributed by atoms with van der Waals surface area (Å²) in [5.41, 5.74) is 3.39.